The summed E-state index contributed by atoms with van der Waals surface area (Å²) in [4.78, 5) is 4.97. The minimum atomic E-state index is 0.761. The van der Waals surface area contributed by atoms with Crippen LogP contribution < -0.4 is 14.4 Å². The van der Waals surface area contributed by atoms with E-state index in [0.29, 0.717) is 0 Å². The van der Waals surface area contributed by atoms with Gasteiger partial charge in [0.05, 0.1) is 13.7 Å². The van der Waals surface area contributed by atoms with Crippen molar-refractivity contribution in [2.75, 3.05) is 51.3 Å². The predicted octanol–water partition coefficient (Wildman–Crippen LogP) is 4.33. The maximum absolute atomic E-state index is 5.97. The van der Waals surface area contributed by atoms with Gasteiger partial charge in [-0.3, -0.25) is 4.90 Å². The van der Waals surface area contributed by atoms with Crippen molar-refractivity contribution >= 4 is 17.3 Å². The van der Waals surface area contributed by atoms with Crippen molar-refractivity contribution in [3.05, 3.63) is 53.6 Å². The Morgan fingerprint density at radius 2 is 1.50 bits per heavy atom. The molecule has 0 amide bonds. The van der Waals surface area contributed by atoms with Gasteiger partial charge in [0.1, 0.15) is 11.5 Å². The van der Waals surface area contributed by atoms with E-state index in [0.717, 1.165) is 68.7 Å². The predicted molar refractivity (Wildman–Crippen MR) is 108 cm³/mol. The van der Waals surface area contributed by atoms with Crippen LogP contribution in [0.1, 0.15) is 12.8 Å². The fourth-order valence-electron chi connectivity index (χ4n) is 3.18. The fourth-order valence-corrected chi connectivity index (χ4v) is 3.31. The van der Waals surface area contributed by atoms with Crippen LogP contribution in [0.2, 0.25) is 5.02 Å². The average molecular weight is 375 g/mol. The van der Waals surface area contributed by atoms with Gasteiger partial charge in [-0.25, -0.2) is 0 Å². The molecule has 1 aliphatic rings. The molecule has 0 unspecified atom stereocenters. The van der Waals surface area contributed by atoms with Crippen LogP contribution in [-0.4, -0.2) is 51.3 Å². The number of ether oxygens (including phenoxy) is 2. The van der Waals surface area contributed by atoms with Crippen LogP contribution in [0.15, 0.2) is 48.5 Å². The number of hydrogen-bond acceptors (Lipinski definition) is 4. The standard InChI is InChI=1S/C21H27ClN2O2/c1-25-20-8-10-21(11-9-20)26-17-3-2-12-23-13-15-24(16-14-23)19-6-4-18(22)5-7-19/h4-11H,2-3,12-17H2,1H3. The van der Waals surface area contributed by atoms with Gasteiger partial charge in [0.25, 0.3) is 0 Å². The molecule has 0 saturated carbocycles. The Hall–Kier alpha value is -1.91. The molecule has 4 nitrogen and oxygen atoms in total. The first-order valence-electron chi connectivity index (χ1n) is 9.24. The van der Waals surface area contributed by atoms with Crippen LogP contribution in [0.3, 0.4) is 0 Å². The molecule has 0 radical (unpaired) electrons. The Labute approximate surface area is 161 Å². The Morgan fingerprint density at radius 1 is 0.846 bits per heavy atom. The summed E-state index contributed by atoms with van der Waals surface area (Å²) in [6.45, 7) is 6.27. The average Bonchev–Trinajstić information content (AvgIpc) is 2.69. The summed E-state index contributed by atoms with van der Waals surface area (Å²) < 4.78 is 10.9. The number of methoxy groups -OCH3 is 1. The lowest BCUT2D eigenvalue weighted by Crippen LogP contribution is -2.46. The summed E-state index contributed by atoms with van der Waals surface area (Å²) >= 11 is 5.97. The van der Waals surface area contributed by atoms with Crippen molar-refractivity contribution in [2.45, 2.75) is 12.8 Å². The minimum Gasteiger partial charge on any atom is -0.497 e. The lowest BCUT2D eigenvalue weighted by atomic mass is 10.2. The highest BCUT2D eigenvalue weighted by Gasteiger charge is 2.16. The van der Waals surface area contributed by atoms with Gasteiger partial charge in [-0.05, 0) is 67.9 Å². The van der Waals surface area contributed by atoms with Crippen molar-refractivity contribution in [3.63, 3.8) is 0 Å². The monoisotopic (exact) mass is 374 g/mol. The highest BCUT2D eigenvalue weighted by molar-refractivity contribution is 6.30. The van der Waals surface area contributed by atoms with Crippen molar-refractivity contribution in [1.29, 1.82) is 0 Å². The molecule has 0 N–H and O–H groups in total. The highest BCUT2D eigenvalue weighted by Crippen LogP contribution is 2.20. The van der Waals surface area contributed by atoms with Gasteiger partial charge in [-0.15, -0.1) is 0 Å². The molecule has 0 aromatic heterocycles. The Balaban J connectivity index is 1.29. The number of unbranched alkanes of at least 4 members (excludes halogenated alkanes) is 1. The van der Waals surface area contributed by atoms with Gasteiger partial charge in [0.15, 0.2) is 0 Å². The van der Waals surface area contributed by atoms with Crippen molar-refractivity contribution < 1.29 is 9.47 Å². The van der Waals surface area contributed by atoms with Crippen molar-refractivity contribution in [1.82, 2.24) is 4.90 Å². The molecular weight excluding hydrogens is 348 g/mol. The molecular formula is C21H27ClN2O2. The van der Waals surface area contributed by atoms with E-state index in [1.165, 1.54) is 5.69 Å². The Kier molecular flexibility index (Phi) is 7.04. The topological polar surface area (TPSA) is 24.9 Å². The maximum Gasteiger partial charge on any atom is 0.119 e. The summed E-state index contributed by atoms with van der Waals surface area (Å²) in [6.07, 6.45) is 2.24. The van der Waals surface area contributed by atoms with Gasteiger partial charge in [0, 0.05) is 36.9 Å². The van der Waals surface area contributed by atoms with Gasteiger partial charge in [-0.2, -0.15) is 0 Å². The first kappa shape index (κ1) is 18.9. The lowest BCUT2D eigenvalue weighted by Gasteiger charge is -2.36. The van der Waals surface area contributed by atoms with Gasteiger partial charge in [-0.1, -0.05) is 11.6 Å². The second-order valence-electron chi connectivity index (χ2n) is 6.54. The first-order chi connectivity index (χ1) is 12.7. The third-order valence-electron chi connectivity index (χ3n) is 4.76. The number of rotatable bonds is 8. The molecule has 2 aromatic carbocycles. The number of nitrogens with zero attached hydrogens (tertiary/aromatic N) is 2. The zero-order chi connectivity index (χ0) is 18.2. The Morgan fingerprint density at radius 3 is 2.15 bits per heavy atom. The third kappa shape index (κ3) is 5.55. The van der Waals surface area contributed by atoms with Crippen molar-refractivity contribution in [2.24, 2.45) is 0 Å². The Bertz CT molecular complexity index is 653. The summed E-state index contributed by atoms with van der Waals surface area (Å²) in [5.74, 6) is 1.76. The van der Waals surface area contributed by atoms with Gasteiger partial charge >= 0.3 is 0 Å². The van der Waals surface area contributed by atoms with E-state index < -0.39 is 0 Å². The molecule has 0 bridgehead atoms. The third-order valence-corrected chi connectivity index (χ3v) is 5.01. The van der Waals surface area contributed by atoms with E-state index in [4.69, 9.17) is 21.1 Å². The fraction of sp³-hybridized carbons (Fsp3) is 0.429. The van der Waals surface area contributed by atoms with E-state index in [9.17, 15) is 0 Å². The molecule has 1 heterocycles. The molecule has 26 heavy (non-hydrogen) atoms. The molecule has 0 spiro atoms. The quantitative estimate of drug-likeness (QED) is 0.642. The molecule has 5 heteroatoms. The van der Waals surface area contributed by atoms with E-state index in [-0.39, 0.29) is 0 Å². The lowest BCUT2D eigenvalue weighted by molar-refractivity contribution is 0.238. The highest BCUT2D eigenvalue weighted by atomic mass is 35.5. The van der Waals surface area contributed by atoms with Crippen LogP contribution >= 0.6 is 11.6 Å². The minimum absolute atomic E-state index is 0.761. The molecule has 1 aliphatic heterocycles. The smallest absolute Gasteiger partial charge is 0.119 e. The summed E-state index contributed by atoms with van der Waals surface area (Å²) in [6, 6.07) is 15.9. The summed E-state index contributed by atoms with van der Waals surface area (Å²) in [5, 5.41) is 0.796. The molecule has 1 saturated heterocycles. The van der Waals surface area contributed by atoms with Crippen LogP contribution in [0.25, 0.3) is 0 Å². The van der Waals surface area contributed by atoms with E-state index in [1.807, 2.05) is 36.4 Å². The molecule has 0 atom stereocenters. The van der Waals surface area contributed by atoms with Crippen LogP contribution in [0.5, 0.6) is 11.5 Å². The first-order valence-corrected chi connectivity index (χ1v) is 9.62. The largest absolute Gasteiger partial charge is 0.497 e. The molecule has 3 rings (SSSR count). The molecule has 140 valence electrons. The van der Waals surface area contributed by atoms with Crippen LogP contribution in [0.4, 0.5) is 5.69 Å². The molecule has 1 fully saturated rings. The number of halogens is 1. The van der Waals surface area contributed by atoms with Crippen molar-refractivity contribution in [3.8, 4) is 11.5 Å². The zero-order valence-corrected chi connectivity index (χ0v) is 16.1. The van der Waals surface area contributed by atoms with Crippen LogP contribution in [0, 0.1) is 0 Å². The number of anilines is 1. The van der Waals surface area contributed by atoms with E-state index >= 15 is 0 Å². The summed E-state index contributed by atoms with van der Waals surface area (Å²) in [5.41, 5.74) is 1.27. The van der Waals surface area contributed by atoms with E-state index in [2.05, 4.69) is 21.9 Å². The van der Waals surface area contributed by atoms with Gasteiger partial charge < -0.3 is 14.4 Å². The molecule has 2 aromatic rings. The maximum atomic E-state index is 5.97. The number of hydrogen-bond donors (Lipinski definition) is 0. The number of piperazine rings is 1. The SMILES string of the molecule is COc1ccc(OCCCCN2CCN(c3ccc(Cl)cc3)CC2)cc1. The van der Waals surface area contributed by atoms with Gasteiger partial charge in [0.2, 0.25) is 0 Å². The van der Waals surface area contributed by atoms with Crippen LogP contribution in [-0.2, 0) is 0 Å². The summed E-state index contributed by atoms with van der Waals surface area (Å²) in [7, 11) is 1.67. The second kappa shape index (κ2) is 9.70. The molecule has 0 aliphatic carbocycles. The number of benzene rings is 2. The normalized spacial score (nSPS) is 15.1. The van der Waals surface area contributed by atoms with E-state index in [1.54, 1.807) is 7.11 Å². The second-order valence-corrected chi connectivity index (χ2v) is 6.97. The zero-order valence-electron chi connectivity index (χ0n) is 15.4.